The maximum absolute atomic E-state index is 5.57. The fourth-order valence-electron chi connectivity index (χ4n) is 1.87. The Morgan fingerprint density at radius 1 is 1.14 bits per heavy atom. The van der Waals surface area contributed by atoms with Crippen molar-refractivity contribution in [1.29, 1.82) is 0 Å². The zero-order chi connectivity index (χ0) is 15.1. The van der Waals surface area contributed by atoms with Crippen molar-refractivity contribution in [2.24, 2.45) is 0 Å². The summed E-state index contributed by atoms with van der Waals surface area (Å²) in [6, 6.07) is 10.3. The normalized spacial score (nSPS) is 11.6. The molecule has 5 nitrogen and oxygen atoms in total. The van der Waals surface area contributed by atoms with Crippen molar-refractivity contribution in [1.82, 2.24) is 20.1 Å². The molecular weight excluding hydrogens is 264 g/mol. The fourth-order valence-corrected chi connectivity index (χ4v) is 1.87. The van der Waals surface area contributed by atoms with Crippen LogP contribution in [0.4, 0.5) is 0 Å². The van der Waals surface area contributed by atoms with Crippen LogP contribution in [0.25, 0.3) is 5.69 Å². The number of benzene rings is 1. The van der Waals surface area contributed by atoms with E-state index >= 15 is 0 Å². The van der Waals surface area contributed by atoms with Gasteiger partial charge < -0.3 is 10.1 Å². The lowest BCUT2D eigenvalue weighted by Crippen LogP contribution is -2.36. The Morgan fingerprint density at radius 3 is 2.62 bits per heavy atom. The van der Waals surface area contributed by atoms with Crippen molar-refractivity contribution in [3.8, 4) is 11.7 Å². The van der Waals surface area contributed by atoms with Crippen LogP contribution in [-0.4, -0.2) is 33.5 Å². The summed E-state index contributed by atoms with van der Waals surface area (Å²) < 4.78 is 7.29. The molecule has 1 aromatic carbocycles. The number of para-hydroxylation sites is 1. The number of unbranched alkanes of at least 4 members (excludes halogenated alkanes) is 1. The Balaban J connectivity index is 1.69. The quantitative estimate of drug-likeness (QED) is 0.796. The molecule has 0 spiro atoms. The first-order chi connectivity index (χ1) is 10.0. The largest absolute Gasteiger partial charge is 0.462 e. The van der Waals surface area contributed by atoms with Crippen molar-refractivity contribution in [3.05, 3.63) is 36.7 Å². The molecule has 0 fully saturated rings. The lowest BCUT2D eigenvalue weighted by atomic mass is 10.1. The highest BCUT2D eigenvalue weighted by Crippen LogP contribution is 2.08. The number of hydrogen-bond donors (Lipinski definition) is 1. The molecule has 5 heteroatoms. The van der Waals surface area contributed by atoms with Crippen molar-refractivity contribution in [3.63, 3.8) is 0 Å². The molecule has 1 aromatic heterocycles. The van der Waals surface area contributed by atoms with Crippen LogP contribution in [0.15, 0.2) is 36.7 Å². The van der Waals surface area contributed by atoms with Gasteiger partial charge in [0.15, 0.2) is 0 Å². The molecular formula is C16H24N4O. The monoisotopic (exact) mass is 288 g/mol. The summed E-state index contributed by atoms with van der Waals surface area (Å²) in [5.41, 5.74) is 1.16. The Labute approximate surface area is 126 Å². The van der Waals surface area contributed by atoms with Gasteiger partial charge >= 0.3 is 6.01 Å². The minimum Gasteiger partial charge on any atom is -0.462 e. The highest BCUT2D eigenvalue weighted by molar-refractivity contribution is 5.29. The summed E-state index contributed by atoms with van der Waals surface area (Å²) in [5, 5.41) is 7.76. The molecule has 0 aliphatic rings. The van der Waals surface area contributed by atoms with Crippen LogP contribution in [0.2, 0.25) is 0 Å². The van der Waals surface area contributed by atoms with Crippen LogP contribution in [0.5, 0.6) is 6.01 Å². The number of rotatable bonds is 7. The van der Waals surface area contributed by atoms with E-state index in [-0.39, 0.29) is 5.54 Å². The van der Waals surface area contributed by atoms with Crippen LogP contribution >= 0.6 is 0 Å². The second kappa shape index (κ2) is 7.22. The lowest BCUT2D eigenvalue weighted by molar-refractivity contribution is 0.279. The topological polar surface area (TPSA) is 52.0 Å². The first kappa shape index (κ1) is 15.5. The maximum Gasteiger partial charge on any atom is 0.335 e. The van der Waals surface area contributed by atoms with Crippen LogP contribution in [0.1, 0.15) is 33.6 Å². The molecule has 0 radical (unpaired) electrons. The second-order valence-electron chi connectivity index (χ2n) is 6.04. The van der Waals surface area contributed by atoms with E-state index in [1.807, 2.05) is 30.3 Å². The minimum absolute atomic E-state index is 0.177. The van der Waals surface area contributed by atoms with E-state index < -0.39 is 0 Å². The van der Waals surface area contributed by atoms with Gasteiger partial charge in [0.25, 0.3) is 0 Å². The number of nitrogens with one attached hydrogen (secondary N) is 1. The average molecular weight is 288 g/mol. The van der Waals surface area contributed by atoms with Gasteiger partial charge in [0.2, 0.25) is 0 Å². The number of hydrogen-bond acceptors (Lipinski definition) is 4. The van der Waals surface area contributed by atoms with Gasteiger partial charge in [-0.1, -0.05) is 18.2 Å². The molecule has 0 bridgehead atoms. The summed E-state index contributed by atoms with van der Waals surface area (Å²) in [6.45, 7) is 8.15. The SMILES string of the molecule is CC(C)(C)NCCCCOc1ncn(-c2ccccc2)n1. The zero-order valence-electron chi connectivity index (χ0n) is 13.0. The Bertz CT molecular complexity index is 531. The summed E-state index contributed by atoms with van der Waals surface area (Å²) >= 11 is 0. The third-order valence-corrected chi connectivity index (χ3v) is 2.95. The summed E-state index contributed by atoms with van der Waals surface area (Å²) in [6.07, 6.45) is 3.74. The van der Waals surface area contributed by atoms with Crippen LogP contribution in [0.3, 0.4) is 0 Å². The number of nitrogens with zero attached hydrogens (tertiary/aromatic N) is 3. The van der Waals surface area contributed by atoms with Gasteiger partial charge in [-0.3, -0.25) is 0 Å². The fraction of sp³-hybridized carbons (Fsp3) is 0.500. The molecule has 1 N–H and O–H groups in total. The minimum atomic E-state index is 0.177. The Morgan fingerprint density at radius 2 is 1.90 bits per heavy atom. The second-order valence-corrected chi connectivity index (χ2v) is 6.04. The summed E-state index contributed by atoms with van der Waals surface area (Å²) in [5.74, 6) is 0. The van der Waals surface area contributed by atoms with Gasteiger partial charge in [-0.2, -0.15) is 4.98 Å². The van der Waals surface area contributed by atoms with Crippen LogP contribution < -0.4 is 10.1 Å². The van der Waals surface area contributed by atoms with Gasteiger partial charge in [0.05, 0.1) is 12.3 Å². The molecule has 21 heavy (non-hydrogen) atoms. The van der Waals surface area contributed by atoms with E-state index in [0.717, 1.165) is 25.1 Å². The molecule has 0 aliphatic heterocycles. The molecule has 2 aromatic rings. The molecule has 0 atom stereocenters. The zero-order valence-corrected chi connectivity index (χ0v) is 13.0. The van der Waals surface area contributed by atoms with Crippen molar-refractivity contribution >= 4 is 0 Å². The highest BCUT2D eigenvalue weighted by atomic mass is 16.5. The van der Waals surface area contributed by atoms with E-state index in [1.165, 1.54) is 0 Å². The van der Waals surface area contributed by atoms with Gasteiger partial charge in [0.1, 0.15) is 6.33 Å². The van der Waals surface area contributed by atoms with Gasteiger partial charge in [-0.05, 0) is 52.3 Å². The first-order valence-electron chi connectivity index (χ1n) is 7.39. The third-order valence-electron chi connectivity index (χ3n) is 2.95. The predicted octanol–water partition coefficient (Wildman–Crippen LogP) is 2.81. The average Bonchev–Trinajstić information content (AvgIpc) is 2.91. The van der Waals surface area contributed by atoms with Crippen molar-refractivity contribution in [2.75, 3.05) is 13.2 Å². The highest BCUT2D eigenvalue weighted by Gasteiger charge is 2.07. The summed E-state index contributed by atoms with van der Waals surface area (Å²) in [4.78, 5) is 4.16. The third kappa shape index (κ3) is 5.55. The Kier molecular flexibility index (Phi) is 5.33. The van der Waals surface area contributed by atoms with E-state index in [1.54, 1.807) is 11.0 Å². The molecule has 0 unspecified atom stereocenters. The van der Waals surface area contributed by atoms with Crippen molar-refractivity contribution in [2.45, 2.75) is 39.2 Å². The Hall–Kier alpha value is -1.88. The molecule has 0 saturated heterocycles. The van der Waals surface area contributed by atoms with E-state index in [9.17, 15) is 0 Å². The van der Waals surface area contributed by atoms with Gasteiger partial charge in [0, 0.05) is 5.54 Å². The lowest BCUT2D eigenvalue weighted by Gasteiger charge is -2.20. The molecule has 1 heterocycles. The maximum atomic E-state index is 5.57. The van der Waals surface area contributed by atoms with Gasteiger partial charge in [-0.25, -0.2) is 4.68 Å². The number of ether oxygens (including phenoxy) is 1. The molecule has 0 aliphatic carbocycles. The van der Waals surface area contributed by atoms with E-state index in [0.29, 0.717) is 12.6 Å². The van der Waals surface area contributed by atoms with Crippen LogP contribution in [-0.2, 0) is 0 Å². The molecule has 2 rings (SSSR count). The van der Waals surface area contributed by atoms with Gasteiger partial charge in [-0.15, -0.1) is 5.10 Å². The van der Waals surface area contributed by atoms with Crippen LogP contribution in [0, 0.1) is 0 Å². The summed E-state index contributed by atoms with van der Waals surface area (Å²) in [7, 11) is 0. The molecule has 114 valence electrons. The molecule has 0 amide bonds. The van der Waals surface area contributed by atoms with E-state index in [2.05, 4.69) is 36.2 Å². The van der Waals surface area contributed by atoms with Crippen molar-refractivity contribution < 1.29 is 4.74 Å². The standard InChI is InChI=1S/C16H24N4O/c1-16(2,3)18-11-7-8-12-21-15-17-13-20(19-15)14-9-5-4-6-10-14/h4-6,9-10,13,18H,7-8,11-12H2,1-3H3. The molecule has 0 saturated carbocycles. The van der Waals surface area contributed by atoms with E-state index in [4.69, 9.17) is 4.74 Å². The number of aromatic nitrogens is 3. The predicted molar refractivity (Wildman–Crippen MR) is 83.8 cm³/mol. The first-order valence-corrected chi connectivity index (χ1v) is 7.39. The smallest absolute Gasteiger partial charge is 0.335 e.